The van der Waals surface area contributed by atoms with Crippen LogP contribution in [0.2, 0.25) is 0 Å². The van der Waals surface area contributed by atoms with Crippen molar-refractivity contribution in [1.82, 2.24) is 0 Å². The predicted molar refractivity (Wildman–Crippen MR) is 104 cm³/mol. The van der Waals surface area contributed by atoms with Gasteiger partial charge in [0.25, 0.3) is 0 Å². The van der Waals surface area contributed by atoms with E-state index in [9.17, 15) is 5.11 Å². The van der Waals surface area contributed by atoms with Crippen molar-refractivity contribution < 1.29 is 5.11 Å². The second-order valence-electron chi connectivity index (χ2n) is 5.11. The van der Waals surface area contributed by atoms with Crippen molar-refractivity contribution in [3.8, 4) is 0 Å². The molecule has 0 heterocycles. The van der Waals surface area contributed by atoms with Gasteiger partial charge in [-0.25, -0.2) is 0 Å². The Morgan fingerprint density at radius 1 is 0.625 bits per heavy atom. The second kappa shape index (κ2) is 9.03. The van der Waals surface area contributed by atoms with E-state index in [1.807, 2.05) is 18.2 Å². The van der Waals surface area contributed by atoms with Crippen LogP contribution < -0.4 is 8.92 Å². The van der Waals surface area contributed by atoms with Crippen molar-refractivity contribution >= 4 is 43.3 Å². The Bertz CT molecular complexity index is 784. The second-order valence-corrected chi connectivity index (χ2v) is 9.83. The summed E-state index contributed by atoms with van der Waals surface area (Å²) in [6.45, 7) is 0.119. The molecule has 3 heteroatoms. The Morgan fingerprint density at radius 2 is 1.08 bits per heavy atom. The van der Waals surface area contributed by atoms with Gasteiger partial charge in [0.05, 0.1) is 0 Å². The third-order valence-electron chi connectivity index (χ3n) is 3.38. The number of benzene rings is 3. The van der Waals surface area contributed by atoms with E-state index >= 15 is 0 Å². The fourth-order valence-electron chi connectivity index (χ4n) is 2.25. The van der Waals surface area contributed by atoms with Gasteiger partial charge in [-0.05, 0) is 0 Å². The van der Waals surface area contributed by atoms with Gasteiger partial charge in [-0.1, -0.05) is 0 Å². The Morgan fingerprint density at radius 3 is 1.58 bits per heavy atom. The molecule has 0 unspecified atom stereocenters. The summed E-state index contributed by atoms with van der Waals surface area (Å²) >= 11 is 0.314. The first-order valence-corrected chi connectivity index (χ1v) is 11.1. The summed E-state index contributed by atoms with van der Waals surface area (Å²) in [6, 6.07) is 31.5. The monoisotopic (exact) mass is 446 g/mol. The van der Waals surface area contributed by atoms with Crippen molar-refractivity contribution in [2.24, 2.45) is 0 Å². The first-order valence-electron chi connectivity index (χ1n) is 7.72. The van der Waals surface area contributed by atoms with E-state index in [-0.39, 0.29) is 36.5 Å². The van der Waals surface area contributed by atoms with Gasteiger partial charge >= 0.3 is 156 Å². The van der Waals surface area contributed by atoms with Gasteiger partial charge in [0.1, 0.15) is 0 Å². The minimum atomic E-state index is 0.119. The summed E-state index contributed by atoms with van der Waals surface area (Å²) in [7, 11) is 0. The van der Waals surface area contributed by atoms with Crippen LogP contribution in [0.3, 0.4) is 0 Å². The van der Waals surface area contributed by atoms with E-state index < -0.39 is 0 Å². The van der Waals surface area contributed by atoms with Crippen molar-refractivity contribution in [3.05, 3.63) is 101 Å². The maximum atomic E-state index is 10.1. The van der Waals surface area contributed by atoms with Crippen LogP contribution >= 0.6 is 0 Å². The molecule has 3 aromatic carbocycles. The summed E-state index contributed by atoms with van der Waals surface area (Å²) < 4.78 is 5.11. The summed E-state index contributed by atoms with van der Waals surface area (Å²) in [5.41, 5.74) is 1.23. The molecule has 1 N–H and O–H groups in total. The molecule has 24 heavy (non-hydrogen) atoms. The first-order chi connectivity index (χ1) is 11.9. The van der Waals surface area contributed by atoms with Gasteiger partial charge in [0.15, 0.2) is 0 Å². The molecule has 0 aliphatic carbocycles. The van der Waals surface area contributed by atoms with Gasteiger partial charge < -0.3 is 0 Å². The SMILES string of the molecule is OCC([Se]c1ccccc1)=C([Se]c1ccccc1)c1ccccc1. The molecular formula is C21H18OSe2. The Kier molecular flexibility index (Phi) is 6.48. The molecule has 120 valence electrons. The first kappa shape index (κ1) is 17.2. The summed E-state index contributed by atoms with van der Waals surface area (Å²) in [6.07, 6.45) is 0. The van der Waals surface area contributed by atoms with E-state index in [1.54, 1.807) is 0 Å². The molecule has 3 rings (SSSR count). The number of rotatable bonds is 6. The Balaban J connectivity index is 2.00. The Labute approximate surface area is 155 Å². The third kappa shape index (κ3) is 4.70. The number of hydrogen-bond donors (Lipinski definition) is 1. The van der Waals surface area contributed by atoms with Gasteiger partial charge in [-0.2, -0.15) is 0 Å². The molecule has 0 spiro atoms. The van der Waals surface area contributed by atoms with E-state index in [4.69, 9.17) is 0 Å². The Hall–Kier alpha value is -1.60. The van der Waals surface area contributed by atoms with E-state index in [2.05, 4.69) is 72.8 Å². The molecule has 0 aliphatic rings. The molecule has 0 fully saturated rings. The van der Waals surface area contributed by atoms with Crippen LogP contribution in [0.25, 0.3) is 4.47 Å². The zero-order valence-corrected chi connectivity index (χ0v) is 16.6. The van der Waals surface area contributed by atoms with Gasteiger partial charge in [-0.3, -0.25) is 0 Å². The zero-order chi connectivity index (χ0) is 16.6. The molecule has 0 amide bonds. The fraction of sp³-hybridized carbons (Fsp3) is 0.0476. The quantitative estimate of drug-likeness (QED) is 0.580. The molecule has 0 aromatic heterocycles. The van der Waals surface area contributed by atoms with E-state index in [0.717, 1.165) is 0 Å². The molecule has 0 saturated carbocycles. The zero-order valence-electron chi connectivity index (χ0n) is 13.1. The van der Waals surface area contributed by atoms with Crippen molar-refractivity contribution in [3.63, 3.8) is 0 Å². The number of aliphatic hydroxyl groups is 1. The van der Waals surface area contributed by atoms with E-state index in [1.165, 1.54) is 23.4 Å². The van der Waals surface area contributed by atoms with Crippen molar-refractivity contribution in [2.75, 3.05) is 6.61 Å². The standard InChI is InChI=1S/C21H18OSe2/c22-16-20(23-18-12-6-2-7-13-18)21(17-10-4-1-5-11-17)24-19-14-8-3-9-15-19/h1-15,22H,16H2. The van der Waals surface area contributed by atoms with Crippen molar-refractivity contribution in [2.45, 2.75) is 0 Å². The normalized spacial score (nSPS) is 11.9. The molecule has 0 radical (unpaired) electrons. The van der Waals surface area contributed by atoms with Crippen LogP contribution in [-0.4, -0.2) is 41.6 Å². The van der Waals surface area contributed by atoms with E-state index in [0.29, 0.717) is 0 Å². The predicted octanol–water partition coefficient (Wildman–Crippen LogP) is 2.41. The van der Waals surface area contributed by atoms with Gasteiger partial charge in [0.2, 0.25) is 0 Å². The van der Waals surface area contributed by atoms with Crippen LogP contribution in [0.1, 0.15) is 5.56 Å². The van der Waals surface area contributed by atoms with Crippen LogP contribution in [0.4, 0.5) is 0 Å². The average molecular weight is 444 g/mol. The fourth-order valence-corrected chi connectivity index (χ4v) is 6.97. The molecule has 0 saturated heterocycles. The summed E-state index contributed by atoms with van der Waals surface area (Å²) in [5.74, 6) is 0. The van der Waals surface area contributed by atoms with Gasteiger partial charge in [0, 0.05) is 0 Å². The topological polar surface area (TPSA) is 20.2 Å². The molecule has 0 bridgehead atoms. The maximum absolute atomic E-state index is 10.1. The van der Waals surface area contributed by atoms with Crippen LogP contribution in [0.5, 0.6) is 0 Å². The minimum absolute atomic E-state index is 0.119. The summed E-state index contributed by atoms with van der Waals surface area (Å²) in [4.78, 5) is 0. The molecule has 3 aromatic rings. The number of aliphatic hydroxyl groups excluding tert-OH is 1. The molecule has 0 atom stereocenters. The summed E-state index contributed by atoms with van der Waals surface area (Å²) in [5, 5.41) is 10.1. The molecule has 1 nitrogen and oxygen atoms in total. The third-order valence-corrected chi connectivity index (χ3v) is 8.82. The average Bonchev–Trinajstić information content (AvgIpc) is 2.67. The van der Waals surface area contributed by atoms with Crippen molar-refractivity contribution in [1.29, 1.82) is 0 Å². The molecule has 0 aliphatic heterocycles. The van der Waals surface area contributed by atoms with Gasteiger partial charge in [-0.15, -0.1) is 0 Å². The van der Waals surface area contributed by atoms with Crippen LogP contribution in [-0.2, 0) is 0 Å². The number of hydrogen-bond acceptors (Lipinski definition) is 1. The van der Waals surface area contributed by atoms with Crippen LogP contribution in [0.15, 0.2) is 95.5 Å². The molecular weight excluding hydrogens is 426 g/mol. The van der Waals surface area contributed by atoms with Crippen LogP contribution in [0, 0.1) is 0 Å².